The largest absolute Gasteiger partial charge is 0.380 e. The number of nitrogens with zero attached hydrogens (tertiary/aromatic N) is 1. The summed E-state index contributed by atoms with van der Waals surface area (Å²) < 4.78 is 32.9. The van der Waals surface area contributed by atoms with Gasteiger partial charge >= 0.3 is 0 Å². The van der Waals surface area contributed by atoms with Crippen LogP contribution in [0.1, 0.15) is 18.0 Å². The summed E-state index contributed by atoms with van der Waals surface area (Å²) in [5.41, 5.74) is 5.78. The van der Waals surface area contributed by atoms with E-state index in [1.54, 1.807) is 0 Å². The highest BCUT2D eigenvalue weighted by Crippen LogP contribution is 2.26. The van der Waals surface area contributed by atoms with Crippen LogP contribution in [0.3, 0.4) is 0 Å². The Kier molecular flexibility index (Phi) is 4.63. The van der Waals surface area contributed by atoms with Crippen LogP contribution >= 0.6 is 0 Å². The molecule has 2 rings (SSSR count). The van der Waals surface area contributed by atoms with Gasteiger partial charge in [0.1, 0.15) is 11.6 Å². The van der Waals surface area contributed by atoms with Crippen LogP contribution in [0.2, 0.25) is 0 Å². The number of ether oxygens (including phenoxy) is 1. The first-order valence-electron chi connectivity index (χ1n) is 6.20. The molecule has 0 aliphatic carbocycles. The van der Waals surface area contributed by atoms with Gasteiger partial charge < -0.3 is 10.5 Å². The highest BCUT2D eigenvalue weighted by Gasteiger charge is 2.25. The number of hydrogen-bond acceptors (Lipinski definition) is 3. The van der Waals surface area contributed by atoms with Crippen molar-refractivity contribution < 1.29 is 13.5 Å². The number of halogens is 2. The Balaban J connectivity index is 2.26. The van der Waals surface area contributed by atoms with Crippen molar-refractivity contribution in [3.8, 4) is 0 Å². The number of hydrogen-bond donors (Lipinski definition) is 1. The lowest BCUT2D eigenvalue weighted by Crippen LogP contribution is -2.36. The van der Waals surface area contributed by atoms with Crippen LogP contribution in [0.15, 0.2) is 18.2 Å². The lowest BCUT2D eigenvalue weighted by atomic mass is 10.0. The summed E-state index contributed by atoms with van der Waals surface area (Å²) in [5.74, 6) is -1.06. The van der Waals surface area contributed by atoms with E-state index in [0.29, 0.717) is 19.8 Å². The predicted molar refractivity (Wildman–Crippen MR) is 65.2 cm³/mol. The number of nitrogens with two attached hydrogens (primary N) is 1. The van der Waals surface area contributed by atoms with E-state index in [9.17, 15) is 8.78 Å². The maximum atomic E-state index is 13.8. The molecule has 1 unspecified atom stereocenters. The Bertz CT molecular complexity index is 372. The maximum absolute atomic E-state index is 13.8. The minimum atomic E-state index is -0.532. The molecule has 1 heterocycles. The molecule has 1 aliphatic heterocycles. The van der Waals surface area contributed by atoms with Gasteiger partial charge in [0.15, 0.2) is 0 Å². The monoisotopic (exact) mass is 256 g/mol. The summed E-state index contributed by atoms with van der Waals surface area (Å²) in [4.78, 5) is 1.99. The zero-order valence-electron chi connectivity index (χ0n) is 10.2. The van der Waals surface area contributed by atoms with Gasteiger partial charge in [-0.05, 0) is 18.6 Å². The van der Waals surface area contributed by atoms with E-state index in [2.05, 4.69) is 0 Å². The number of benzene rings is 1. The molecular formula is C13H18F2N2O. The molecule has 0 amide bonds. The van der Waals surface area contributed by atoms with Crippen LogP contribution < -0.4 is 5.73 Å². The Morgan fingerprint density at radius 1 is 1.22 bits per heavy atom. The molecular weight excluding hydrogens is 238 g/mol. The van der Waals surface area contributed by atoms with E-state index in [4.69, 9.17) is 10.5 Å². The summed E-state index contributed by atoms with van der Waals surface area (Å²) in [7, 11) is 0. The molecule has 0 radical (unpaired) electrons. The van der Waals surface area contributed by atoms with Crippen molar-refractivity contribution >= 4 is 0 Å². The van der Waals surface area contributed by atoms with Crippen LogP contribution in [-0.2, 0) is 4.74 Å². The Morgan fingerprint density at radius 3 is 2.61 bits per heavy atom. The minimum Gasteiger partial charge on any atom is -0.380 e. The standard InChI is InChI=1S/C13H18F2N2O/c14-10-3-1-4-11(15)13(10)12(9-16)17-5-2-7-18-8-6-17/h1,3-4,12H,2,5-9,16H2. The van der Waals surface area contributed by atoms with Gasteiger partial charge in [-0.25, -0.2) is 8.78 Å². The van der Waals surface area contributed by atoms with Gasteiger partial charge in [0.05, 0.1) is 12.6 Å². The molecule has 100 valence electrons. The minimum absolute atomic E-state index is 0.0712. The lowest BCUT2D eigenvalue weighted by molar-refractivity contribution is 0.131. The van der Waals surface area contributed by atoms with Crippen LogP contribution in [0.25, 0.3) is 0 Å². The van der Waals surface area contributed by atoms with Crippen molar-refractivity contribution in [3.63, 3.8) is 0 Å². The molecule has 1 fully saturated rings. The van der Waals surface area contributed by atoms with Crippen LogP contribution in [0.5, 0.6) is 0 Å². The smallest absolute Gasteiger partial charge is 0.130 e. The molecule has 3 nitrogen and oxygen atoms in total. The second kappa shape index (κ2) is 6.22. The van der Waals surface area contributed by atoms with E-state index in [1.807, 2.05) is 4.90 Å². The molecule has 1 saturated heterocycles. The zero-order chi connectivity index (χ0) is 13.0. The Labute approximate surface area is 106 Å². The normalized spacial score (nSPS) is 19.5. The molecule has 1 atom stereocenters. The van der Waals surface area contributed by atoms with E-state index in [-0.39, 0.29) is 12.1 Å². The Morgan fingerprint density at radius 2 is 1.94 bits per heavy atom. The summed E-state index contributed by atoms with van der Waals surface area (Å²) in [6.07, 6.45) is 0.854. The summed E-state index contributed by atoms with van der Waals surface area (Å²) in [5, 5.41) is 0. The average molecular weight is 256 g/mol. The topological polar surface area (TPSA) is 38.5 Å². The fourth-order valence-corrected chi connectivity index (χ4v) is 2.36. The van der Waals surface area contributed by atoms with Gasteiger partial charge in [0, 0.05) is 31.8 Å². The lowest BCUT2D eigenvalue weighted by Gasteiger charge is -2.29. The fourth-order valence-electron chi connectivity index (χ4n) is 2.36. The predicted octanol–water partition coefficient (Wildman–Crippen LogP) is 1.69. The molecule has 0 bridgehead atoms. The first kappa shape index (κ1) is 13.4. The molecule has 0 spiro atoms. The van der Waals surface area contributed by atoms with Crippen molar-refractivity contribution in [2.75, 3.05) is 32.8 Å². The van der Waals surface area contributed by atoms with Crippen molar-refractivity contribution in [3.05, 3.63) is 35.4 Å². The van der Waals surface area contributed by atoms with Gasteiger partial charge in [-0.3, -0.25) is 4.90 Å². The molecule has 0 aromatic heterocycles. The van der Waals surface area contributed by atoms with Gasteiger partial charge in [-0.2, -0.15) is 0 Å². The molecule has 2 N–H and O–H groups in total. The van der Waals surface area contributed by atoms with E-state index in [0.717, 1.165) is 13.0 Å². The number of rotatable bonds is 3. The van der Waals surface area contributed by atoms with Gasteiger partial charge in [-0.15, -0.1) is 0 Å². The van der Waals surface area contributed by atoms with Crippen molar-refractivity contribution in [2.24, 2.45) is 5.73 Å². The van der Waals surface area contributed by atoms with Crippen molar-refractivity contribution in [1.29, 1.82) is 0 Å². The quantitative estimate of drug-likeness (QED) is 0.894. The summed E-state index contributed by atoms with van der Waals surface area (Å²) in [6, 6.07) is 3.49. The Hall–Kier alpha value is -1.04. The fraction of sp³-hybridized carbons (Fsp3) is 0.538. The van der Waals surface area contributed by atoms with Crippen LogP contribution in [0, 0.1) is 11.6 Å². The molecule has 18 heavy (non-hydrogen) atoms. The molecule has 1 aromatic rings. The zero-order valence-corrected chi connectivity index (χ0v) is 10.2. The molecule has 0 saturated carbocycles. The molecule has 1 aliphatic rings. The highest BCUT2D eigenvalue weighted by atomic mass is 19.1. The molecule has 5 heteroatoms. The first-order chi connectivity index (χ1) is 8.74. The third-order valence-corrected chi connectivity index (χ3v) is 3.25. The van der Waals surface area contributed by atoms with Crippen molar-refractivity contribution in [1.82, 2.24) is 4.90 Å². The third kappa shape index (κ3) is 2.85. The third-order valence-electron chi connectivity index (χ3n) is 3.25. The average Bonchev–Trinajstić information content (AvgIpc) is 2.63. The summed E-state index contributed by atoms with van der Waals surface area (Å²) in [6.45, 7) is 2.85. The molecule has 1 aromatic carbocycles. The van der Waals surface area contributed by atoms with E-state index < -0.39 is 17.7 Å². The van der Waals surface area contributed by atoms with Crippen LogP contribution in [-0.4, -0.2) is 37.7 Å². The first-order valence-corrected chi connectivity index (χ1v) is 6.20. The van der Waals surface area contributed by atoms with E-state index >= 15 is 0 Å². The van der Waals surface area contributed by atoms with Gasteiger partial charge in [0.25, 0.3) is 0 Å². The summed E-state index contributed by atoms with van der Waals surface area (Å²) >= 11 is 0. The highest BCUT2D eigenvalue weighted by molar-refractivity contribution is 5.24. The van der Waals surface area contributed by atoms with Gasteiger partial charge in [-0.1, -0.05) is 6.07 Å². The van der Waals surface area contributed by atoms with Crippen molar-refractivity contribution in [2.45, 2.75) is 12.5 Å². The van der Waals surface area contributed by atoms with Gasteiger partial charge in [0.2, 0.25) is 0 Å². The second-order valence-corrected chi connectivity index (χ2v) is 4.39. The van der Waals surface area contributed by atoms with E-state index in [1.165, 1.54) is 18.2 Å². The van der Waals surface area contributed by atoms with Crippen LogP contribution in [0.4, 0.5) is 8.78 Å². The maximum Gasteiger partial charge on any atom is 0.130 e. The SMILES string of the molecule is NCC(c1c(F)cccc1F)N1CCCOCC1. The second-order valence-electron chi connectivity index (χ2n) is 4.39.